The van der Waals surface area contributed by atoms with Gasteiger partial charge in [0.05, 0.1) is 24.4 Å². The molecule has 7 heteroatoms. The first-order chi connectivity index (χ1) is 16.3. The first kappa shape index (κ1) is 24.4. The molecule has 0 amide bonds. The van der Waals surface area contributed by atoms with Crippen molar-refractivity contribution in [2.24, 2.45) is 11.1 Å². The van der Waals surface area contributed by atoms with E-state index in [9.17, 15) is 19.8 Å². The summed E-state index contributed by atoms with van der Waals surface area (Å²) in [6.07, 6.45) is 8.04. The van der Waals surface area contributed by atoms with Crippen molar-refractivity contribution in [3.05, 3.63) is 101 Å². The first-order valence-electron chi connectivity index (χ1n) is 10.7. The molecule has 0 saturated heterocycles. The van der Waals surface area contributed by atoms with Gasteiger partial charge in [-0.1, -0.05) is 42.5 Å². The SMILES string of the molecule is C1=COC(c2ccccc2)=CC1.COc1ccc(C2=CC(N)=C(C(=O)O)CC2(C)C(=O)O)cc1. The summed E-state index contributed by atoms with van der Waals surface area (Å²) in [6.45, 7) is 1.50. The molecule has 1 heterocycles. The minimum Gasteiger partial charge on any atom is -0.497 e. The number of carbonyl (C=O) groups is 2. The Hall–Kier alpha value is -4.26. The molecule has 1 unspecified atom stereocenters. The molecule has 0 bridgehead atoms. The Labute approximate surface area is 198 Å². The van der Waals surface area contributed by atoms with Crippen molar-refractivity contribution in [3.8, 4) is 5.75 Å². The van der Waals surface area contributed by atoms with E-state index in [0.29, 0.717) is 16.9 Å². The topological polar surface area (TPSA) is 119 Å². The second-order valence-electron chi connectivity index (χ2n) is 8.00. The van der Waals surface area contributed by atoms with Crippen molar-refractivity contribution in [2.45, 2.75) is 19.8 Å². The highest BCUT2D eigenvalue weighted by Gasteiger charge is 2.43. The van der Waals surface area contributed by atoms with Gasteiger partial charge in [0, 0.05) is 17.7 Å². The summed E-state index contributed by atoms with van der Waals surface area (Å²) < 4.78 is 10.4. The number of aliphatic carboxylic acids is 2. The zero-order chi connectivity index (χ0) is 24.7. The summed E-state index contributed by atoms with van der Waals surface area (Å²) in [7, 11) is 1.54. The van der Waals surface area contributed by atoms with E-state index in [0.717, 1.165) is 17.7 Å². The van der Waals surface area contributed by atoms with Gasteiger partial charge in [-0.2, -0.15) is 0 Å². The van der Waals surface area contributed by atoms with E-state index < -0.39 is 17.4 Å². The summed E-state index contributed by atoms with van der Waals surface area (Å²) >= 11 is 0. The van der Waals surface area contributed by atoms with Crippen LogP contribution in [0.3, 0.4) is 0 Å². The lowest BCUT2D eigenvalue weighted by atomic mass is 9.70. The highest BCUT2D eigenvalue weighted by atomic mass is 16.5. The van der Waals surface area contributed by atoms with Gasteiger partial charge in [0.2, 0.25) is 0 Å². The van der Waals surface area contributed by atoms with Gasteiger partial charge in [0.25, 0.3) is 0 Å². The normalized spacial score (nSPS) is 19.1. The third-order valence-electron chi connectivity index (χ3n) is 5.69. The molecular weight excluding hydrogens is 434 g/mol. The third kappa shape index (κ3) is 5.38. The molecular formula is C27H27NO6. The molecule has 7 nitrogen and oxygen atoms in total. The number of ether oxygens (including phenoxy) is 2. The number of allylic oxidation sites excluding steroid dienone is 3. The molecule has 0 spiro atoms. The minimum atomic E-state index is -1.36. The summed E-state index contributed by atoms with van der Waals surface area (Å²) in [5.41, 5.74) is 6.72. The molecule has 4 N–H and O–H groups in total. The van der Waals surface area contributed by atoms with Crippen LogP contribution in [0.2, 0.25) is 0 Å². The zero-order valence-corrected chi connectivity index (χ0v) is 19.0. The Bertz CT molecular complexity index is 1180. The number of methoxy groups -OCH3 is 1. The fourth-order valence-corrected chi connectivity index (χ4v) is 3.70. The molecule has 2 aromatic carbocycles. The average Bonchev–Trinajstić information content (AvgIpc) is 2.86. The van der Waals surface area contributed by atoms with Crippen LogP contribution in [0, 0.1) is 5.41 Å². The Morgan fingerprint density at radius 1 is 1.03 bits per heavy atom. The number of benzene rings is 2. The fraction of sp³-hybridized carbons (Fsp3) is 0.185. The van der Waals surface area contributed by atoms with Crippen molar-refractivity contribution in [1.29, 1.82) is 0 Å². The standard InChI is InChI=1S/C16H17NO5.C11H10O/c1-16(15(20)21)8-11(14(18)19)13(17)7-12(16)9-3-5-10(22-2)6-4-9;1-2-6-10(7-3-1)11-8-4-5-9-12-11/h3-7H,8,17H2,1-2H3,(H,18,19)(H,20,21);1-3,5-9H,4H2. The Kier molecular flexibility index (Phi) is 7.58. The van der Waals surface area contributed by atoms with Crippen molar-refractivity contribution < 1.29 is 29.3 Å². The summed E-state index contributed by atoms with van der Waals surface area (Å²) in [5, 5.41) is 18.8. The molecule has 34 heavy (non-hydrogen) atoms. The van der Waals surface area contributed by atoms with Crippen molar-refractivity contribution in [2.75, 3.05) is 7.11 Å². The summed E-state index contributed by atoms with van der Waals surface area (Å²) in [6, 6.07) is 17.0. The number of carboxylic acids is 2. The molecule has 176 valence electrons. The lowest BCUT2D eigenvalue weighted by Gasteiger charge is -2.32. The molecule has 0 fully saturated rings. The Balaban J connectivity index is 0.000000226. The van der Waals surface area contributed by atoms with E-state index in [2.05, 4.69) is 6.08 Å². The Morgan fingerprint density at radius 3 is 2.24 bits per heavy atom. The average molecular weight is 462 g/mol. The number of carboxylic acid groups (broad SMARTS) is 2. The predicted molar refractivity (Wildman–Crippen MR) is 129 cm³/mol. The van der Waals surface area contributed by atoms with E-state index >= 15 is 0 Å². The lowest BCUT2D eigenvalue weighted by Crippen LogP contribution is -2.34. The summed E-state index contributed by atoms with van der Waals surface area (Å²) in [5.74, 6) is -0.694. The number of hydrogen-bond donors (Lipinski definition) is 3. The van der Waals surface area contributed by atoms with Gasteiger partial charge in [-0.3, -0.25) is 4.79 Å². The van der Waals surface area contributed by atoms with Crippen LogP contribution in [0.25, 0.3) is 11.3 Å². The van der Waals surface area contributed by atoms with Crippen molar-refractivity contribution >= 4 is 23.3 Å². The maximum absolute atomic E-state index is 11.7. The first-order valence-corrected chi connectivity index (χ1v) is 10.7. The van der Waals surface area contributed by atoms with Gasteiger partial charge in [0.1, 0.15) is 11.5 Å². The molecule has 1 aliphatic carbocycles. The zero-order valence-electron chi connectivity index (χ0n) is 19.0. The number of rotatable bonds is 5. The van der Waals surface area contributed by atoms with E-state index in [1.807, 2.05) is 36.4 Å². The van der Waals surface area contributed by atoms with Gasteiger partial charge in [0.15, 0.2) is 0 Å². The second kappa shape index (κ2) is 10.6. The van der Waals surface area contributed by atoms with Crippen LogP contribution in [0.5, 0.6) is 5.75 Å². The maximum atomic E-state index is 11.7. The monoisotopic (exact) mass is 461 g/mol. The molecule has 0 saturated carbocycles. The van der Waals surface area contributed by atoms with E-state index in [4.69, 9.17) is 15.2 Å². The molecule has 2 aromatic rings. The molecule has 0 aromatic heterocycles. The van der Waals surface area contributed by atoms with E-state index in [1.165, 1.54) is 20.1 Å². The molecule has 1 aliphatic heterocycles. The van der Waals surface area contributed by atoms with Crippen molar-refractivity contribution in [1.82, 2.24) is 0 Å². The largest absolute Gasteiger partial charge is 0.497 e. The van der Waals surface area contributed by atoms with E-state index in [1.54, 1.807) is 30.5 Å². The van der Waals surface area contributed by atoms with E-state index in [-0.39, 0.29) is 17.7 Å². The van der Waals surface area contributed by atoms with Crippen LogP contribution < -0.4 is 10.5 Å². The molecule has 4 rings (SSSR count). The fourth-order valence-electron chi connectivity index (χ4n) is 3.70. The number of hydrogen-bond acceptors (Lipinski definition) is 5. The highest BCUT2D eigenvalue weighted by Crippen LogP contribution is 2.44. The van der Waals surface area contributed by atoms with Crippen LogP contribution in [0.4, 0.5) is 0 Å². The quantitative estimate of drug-likeness (QED) is 0.583. The van der Waals surface area contributed by atoms with Crippen LogP contribution in [-0.2, 0) is 14.3 Å². The third-order valence-corrected chi connectivity index (χ3v) is 5.69. The molecule has 0 radical (unpaired) electrons. The van der Waals surface area contributed by atoms with Crippen LogP contribution in [0.1, 0.15) is 30.9 Å². The van der Waals surface area contributed by atoms with Gasteiger partial charge in [-0.15, -0.1) is 0 Å². The van der Waals surface area contributed by atoms with Gasteiger partial charge in [-0.25, -0.2) is 4.79 Å². The highest BCUT2D eigenvalue weighted by molar-refractivity contribution is 5.99. The van der Waals surface area contributed by atoms with Gasteiger partial charge in [-0.05, 0) is 54.8 Å². The van der Waals surface area contributed by atoms with Gasteiger partial charge < -0.3 is 25.4 Å². The van der Waals surface area contributed by atoms with Crippen LogP contribution in [-0.4, -0.2) is 29.3 Å². The van der Waals surface area contributed by atoms with Crippen LogP contribution in [0.15, 0.2) is 90.4 Å². The lowest BCUT2D eigenvalue weighted by molar-refractivity contribution is -0.144. The maximum Gasteiger partial charge on any atom is 0.333 e. The smallest absolute Gasteiger partial charge is 0.333 e. The molecule has 2 aliphatic rings. The predicted octanol–water partition coefficient (Wildman–Crippen LogP) is 4.83. The summed E-state index contributed by atoms with van der Waals surface area (Å²) in [4.78, 5) is 23.0. The van der Waals surface area contributed by atoms with Gasteiger partial charge >= 0.3 is 11.9 Å². The van der Waals surface area contributed by atoms with Crippen LogP contribution >= 0.6 is 0 Å². The Morgan fingerprint density at radius 2 is 1.71 bits per heavy atom. The van der Waals surface area contributed by atoms with Crippen molar-refractivity contribution in [3.63, 3.8) is 0 Å². The molecule has 1 atom stereocenters. The second-order valence-corrected chi connectivity index (χ2v) is 8.00. The minimum absolute atomic E-state index is 0.0806. The number of nitrogens with two attached hydrogens (primary N) is 1.